The molecule has 3 aromatic carbocycles. The Morgan fingerprint density at radius 3 is 2.55 bits per heavy atom. The Bertz CT molecular complexity index is 1120. The molecule has 0 aliphatic carbocycles. The van der Waals surface area contributed by atoms with Crippen LogP contribution in [0.3, 0.4) is 0 Å². The van der Waals surface area contributed by atoms with Crippen molar-refractivity contribution in [3.63, 3.8) is 0 Å². The van der Waals surface area contributed by atoms with Crippen molar-refractivity contribution in [3.8, 4) is 5.75 Å². The smallest absolute Gasteiger partial charge is 0.282 e. The third-order valence-electron chi connectivity index (χ3n) is 3.90. The van der Waals surface area contributed by atoms with Crippen molar-refractivity contribution in [2.24, 2.45) is 0 Å². The number of nitro groups is 1. The lowest BCUT2D eigenvalue weighted by molar-refractivity contribution is -0.385. The third kappa shape index (κ3) is 4.90. The number of amides is 2. The Hall–Kier alpha value is -2.98. The summed E-state index contributed by atoms with van der Waals surface area (Å²) in [5, 5.41) is 12.9. The number of benzene rings is 3. The number of para-hydroxylation sites is 1. The summed E-state index contributed by atoms with van der Waals surface area (Å²) in [5.74, 6) is -0.970. The zero-order valence-corrected chi connectivity index (χ0v) is 17.8. The summed E-state index contributed by atoms with van der Waals surface area (Å²) >= 11 is 6.88. The van der Waals surface area contributed by atoms with Crippen LogP contribution in [0.2, 0.25) is 0 Å². The summed E-state index contributed by atoms with van der Waals surface area (Å²) in [6, 6.07) is 14.8. The van der Waals surface area contributed by atoms with Crippen LogP contribution in [0.4, 0.5) is 5.69 Å². The van der Waals surface area contributed by atoms with Crippen LogP contribution in [0.15, 0.2) is 63.5 Å². The molecule has 0 fully saturated rings. The summed E-state index contributed by atoms with van der Waals surface area (Å²) in [4.78, 5) is 34.4. The fourth-order valence-corrected chi connectivity index (χ4v) is 3.54. The van der Waals surface area contributed by atoms with Crippen LogP contribution in [0.5, 0.6) is 5.75 Å². The quantitative estimate of drug-likeness (QED) is 0.387. The first-order valence-corrected chi connectivity index (χ1v) is 9.78. The van der Waals surface area contributed by atoms with Gasteiger partial charge in [0.15, 0.2) is 6.61 Å². The minimum atomic E-state index is -0.803. The van der Waals surface area contributed by atoms with Crippen molar-refractivity contribution in [1.29, 1.82) is 0 Å². The molecule has 2 N–H and O–H groups in total. The van der Waals surface area contributed by atoms with Gasteiger partial charge in [-0.3, -0.25) is 30.6 Å². The highest BCUT2D eigenvalue weighted by Gasteiger charge is 2.19. The number of fused-ring (bicyclic) bond motifs is 1. The first-order chi connectivity index (χ1) is 13.9. The van der Waals surface area contributed by atoms with Crippen molar-refractivity contribution < 1.29 is 19.2 Å². The number of rotatable bonds is 5. The molecule has 0 bridgehead atoms. The molecular formula is C19H13Br2N3O5. The minimum absolute atomic E-state index is 0.165. The molecule has 0 aromatic heterocycles. The number of ether oxygens (including phenoxy) is 1. The van der Waals surface area contributed by atoms with Gasteiger partial charge in [0.2, 0.25) is 0 Å². The number of nitro benzene ring substituents is 1. The molecule has 0 aliphatic heterocycles. The maximum absolute atomic E-state index is 12.1. The van der Waals surface area contributed by atoms with Gasteiger partial charge < -0.3 is 4.74 Å². The van der Waals surface area contributed by atoms with Gasteiger partial charge in [0.05, 0.1) is 9.40 Å². The second-order valence-corrected chi connectivity index (χ2v) is 7.52. The fraction of sp³-hybridized carbons (Fsp3) is 0.0526. The van der Waals surface area contributed by atoms with Gasteiger partial charge >= 0.3 is 0 Å². The normalized spacial score (nSPS) is 10.4. The molecule has 0 aliphatic rings. The Kier molecular flexibility index (Phi) is 6.45. The van der Waals surface area contributed by atoms with Gasteiger partial charge in [0.1, 0.15) is 11.3 Å². The lowest BCUT2D eigenvalue weighted by Gasteiger charge is -2.11. The molecule has 0 saturated carbocycles. The van der Waals surface area contributed by atoms with Crippen molar-refractivity contribution >= 4 is 60.1 Å². The lowest BCUT2D eigenvalue weighted by Crippen LogP contribution is -2.44. The van der Waals surface area contributed by atoms with Crippen molar-refractivity contribution in [2.45, 2.75) is 0 Å². The summed E-state index contributed by atoms with van der Waals surface area (Å²) in [6.45, 7) is -0.363. The SMILES string of the molecule is O=C(COc1ccc2cc(Br)ccc2c1Br)NNC(=O)c1ccccc1[N+](=O)[O-]. The maximum atomic E-state index is 12.1. The second-order valence-electron chi connectivity index (χ2n) is 5.81. The average molecular weight is 523 g/mol. The lowest BCUT2D eigenvalue weighted by atomic mass is 10.1. The van der Waals surface area contributed by atoms with Gasteiger partial charge in [-0.1, -0.05) is 40.2 Å². The number of nitrogens with one attached hydrogen (secondary N) is 2. The van der Waals surface area contributed by atoms with Gasteiger partial charge in [0.25, 0.3) is 17.5 Å². The van der Waals surface area contributed by atoms with E-state index in [0.717, 1.165) is 15.2 Å². The number of hydrogen-bond acceptors (Lipinski definition) is 5. The Labute approximate surface area is 181 Å². The van der Waals surface area contributed by atoms with Crippen molar-refractivity contribution in [3.05, 3.63) is 79.2 Å². The summed E-state index contributed by atoms with van der Waals surface area (Å²) in [5.41, 5.74) is 3.79. The van der Waals surface area contributed by atoms with Gasteiger partial charge in [-0.15, -0.1) is 0 Å². The van der Waals surface area contributed by atoms with Gasteiger partial charge in [-0.05, 0) is 51.0 Å². The van der Waals surface area contributed by atoms with Crippen molar-refractivity contribution in [2.75, 3.05) is 6.61 Å². The Morgan fingerprint density at radius 2 is 1.79 bits per heavy atom. The van der Waals surface area contributed by atoms with E-state index in [9.17, 15) is 19.7 Å². The standard InChI is InChI=1S/C19H13Br2N3O5/c20-12-6-7-13-11(9-12)5-8-16(18(13)21)29-10-17(25)22-23-19(26)14-3-1-2-4-15(14)24(27)28/h1-9H,10H2,(H,22,25)(H,23,26). The van der Waals surface area contributed by atoms with Gasteiger partial charge in [0, 0.05) is 10.5 Å². The van der Waals surface area contributed by atoms with E-state index in [1.54, 1.807) is 6.07 Å². The van der Waals surface area contributed by atoms with E-state index in [2.05, 4.69) is 42.7 Å². The number of carbonyl (C=O) groups excluding carboxylic acids is 2. The number of hydrazine groups is 1. The highest BCUT2D eigenvalue weighted by molar-refractivity contribution is 9.11. The Morgan fingerprint density at radius 1 is 1.03 bits per heavy atom. The molecule has 0 spiro atoms. The van der Waals surface area contributed by atoms with E-state index >= 15 is 0 Å². The van der Waals surface area contributed by atoms with E-state index in [1.165, 1.54) is 24.3 Å². The molecule has 0 atom stereocenters. The molecular weight excluding hydrogens is 510 g/mol. The number of nitrogens with zero attached hydrogens (tertiary/aromatic N) is 1. The van der Waals surface area contributed by atoms with E-state index in [-0.39, 0.29) is 17.9 Å². The monoisotopic (exact) mass is 521 g/mol. The zero-order valence-electron chi connectivity index (χ0n) is 14.6. The third-order valence-corrected chi connectivity index (χ3v) is 5.21. The van der Waals surface area contributed by atoms with Crippen LogP contribution in [0.25, 0.3) is 10.8 Å². The molecule has 10 heteroatoms. The molecule has 0 unspecified atom stereocenters. The highest BCUT2D eigenvalue weighted by atomic mass is 79.9. The molecule has 8 nitrogen and oxygen atoms in total. The van der Waals surface area contributed by atoms with Crippen LogP contribution in [-0.4, -0.2) is 23.3 Å². The fourth-order valence-electron chi connectivity index (χ4n) is 2.55. The topological polar surface area (TPSA) is 111 Å². The summed E-state index contributed by atoms with van der Waals surface area (Å²) in [6.07, 6.45) is 0. The van der Waals surface area contributed by atoms with Crippen LogP contribution < -0.4 is 15.6 Å². The van der Waals surface area contributed by atoms with E-state index in [4.69, 9.17) is 4.74 Å². The number of halogens is 2. The van der Waals surface area contributed by atoms with Gasteiger partial charge in [-0.25, -0.2) is 0 Å². The van der Waals surface area contributed by atoms with Crippen molar-refractivity contribution in [1.82, 2.24) is 10.9 Å². The van der Waals surface area contributed by atoms with Crippen LogP contribution >= 0.6 is 31.9 Å². The van der Waals surface area contributed by atoms with E-state index < -0.39 is 16.7 Å². The summed E-state index contributed by atoms with van der Waals surface area (Å²) in [7, 11) is 0. The minimum Gasteiger partial charge on any atom is -0.483 e. The van der Waals surface area contributed by atoms with Crippen LogP contribution in [0.1, 0.15) is 10.4 Å². The van der Waals surface area contributed by atoms with Gasteiger partial charge in [-0.2, -0.15) is 0 Å². The predicted molar refractivity (Wildman–Crippen MR) is 114 cm³/mol. The molecule has 3 aromatic rings. The zero-order chi connectivity index (χ0) is 21.0. The molecule has 2 amide bonds. The first-order valence-electron chi connectivity index (χ1n) is 8.20. The predicted octanol–water partition coefficient (Wildman–Crippen LogP) is 4.11. The van der Waals surface area contributed by atoms with Crippen LogP contribution in [0, 0.1) is 10.1 Å². The molecule has 0 heterocycles. The summed E-state index contributed by atoms with van der Waals surface area (Å²) < 4.78 is 7.14. The maximum Gasteiger partial charge on any atom is 0.282 e. The van der Waals surface area contributed by atoms with Crippen LogP contribution in [-0.2, 0) is 4.79 Å². The molecule has 29 heavy (non-hydrogen) atoms. The molecule has 0 radical (unpaired) electrons. The average Bonchev–Trinajstić information content (AvgIpc) is 2.71. The van der Waals surface area contributed by atoms with E-state index in [0.29, 0.717) is 10.2 Å². The second kappa shape index (κ2) is 9.01. The highest BCUT2D eigenvalue weighted by Crippen LogP contribution is 2.34. The molecule has 148 valence electrons. The first kappa shape index (κ1) is 20.7. The largest absolute Gasteiger partial charge is 0.483 e. The number of carbonyl (C=O) groups is 2. The molecule has 3 rings (SSSR count). The van der Waals surface area contributed by atoms with E-state index in [1.807, 2.05) is 24.3 Å². The number of hydrogen-bond donors (Lipinski definition) is 2. The molecule has 0 saturated heterocycles. The Balaban J connectivity index is 1.60.